The van der Waals surface area contributed by atoms with Gasteiger partial charge >= 0.3 is 0 Å². The SMILES string of the molecule is c1ccc(-c2cccc(N(c3ccccc3)c3cc(N(c4ccccc4)c4cccc(-c5ccccc5)c4)c4c(c3)sc3ccc5ccccc5c34)c2)cc1. The molecule has 0 atom stereocenters. The van der Waals surface area contributed by atoms with Crippen molar-refractivity contribution in [3.63, 3.8) is 0 Å². The lowest BCUT2D eigenvalue weighted by molar-refractivity contribution is 1.26. The molecule has 0 saturated heterocycles. The Balaban J connectivity index is 1.29. The maximum Gasteiger partial charge on any atom is 0.0575 e. The molecule has 0 spiro atoms. The van der Waals surface area contributed by atoms with Gasteiger partial charge in [-0.1, -0.05) is 152 Å². The lowest BCUT2D eigenvalue weighted by atomic mass is 10.00. The number of nitrogens with zero attached hydrogens (tertiary/aromatic N) is 2. The number of thiophene rings is 1. The van der Waals surface area contributed by atoms with Gasteiger partial charge < -0.3 is 9.80 Å². The largest absolute Gasteiger partial charge is 0.310 e. The van der Waals surface area contributed by atoms with Crippen LogP contribution in [0.3, 0.4) is 0 Å². The summed E-state index contributed by atoms with van der Waals surface area (Å²) in [6, 6.07) is 78.9. The fourth-order valence-corrected chi connectivity index (χ4v) is 9.05. The van der Waals surface area contributed by atoms with E-state index in [1.54, 1.807) is 0 Å². The fraction of sp³-hybridized carbons (Fsp3) is 0. The Bertz CT molecular complexity index is 2920. The van der Waals surface area contributed by atoms with Gasteiger partial charge in [0.25, 0.3) is 0 Å². The Morgan fingerprint density at radius 3 is 1.40 bits per heavy atom. The van der Waals surface area contributed by atoms with E-state index in [0.717, 1.165) is 34.1 Å². The zero-order valence-corrected chi connectivity index (χ0v) is 30.9. The summed E-state index contributed by atoms with van der Waals surface area (Å²) in [6.07, 6.45) is 0. The zero-order valence-electron chi connectivity index (χ0n) is 30.1. The number of hydrogen-bond acceptors (Lipinski definition) is 3. The Kier molecular flexibility index (Phi) is 8.40. The van der Waals surface area contributed by atoms with Gasteiger partial charge in [0.1, 0.15) is 0 Å². The predicted molar refractivity (Wildman–Crippen MR) is 237 cm³/mol. The number of hydrogen-bond donors (Lipinski definition) is 0. The molecule has 260 valence electrons. The van der Waals surface area contributed by atoms with Gasteiger partial charge in [0.2, 0.25) is 0 Å². The van der Waals surface area contributed by atoms with E-state index in [1.165, 1.54) is 53.2 Å². The van der Waals surface area contributed by atoms with E-state index < -0.39 is 0 Å². The molecule has 2 nitrogen and oxygen atoms in total. The number of anilines is 6. The van der Waals surface area contributed by atoms with Crippen molar-refractivity contribution in [2.75, 3.05) is 9.80 Å². The highest BCUT2D eigenvalue weighted by Gasteiger charge is 2.24. The van der Waals surface area contributed by atoms with Crippen LogP contribution in [0.15, 0.2) is 218 Å². The van der Waals surface area contributed by atoms with Crippen molar-refractivity contribution in [1.29, 1.82) is 0 Å². The van der Waals surface area contributed by atoms with Gasteiger partial charge in [-0.2, -0.15) is 0 Å². The van der Waals surface area contributed by atoms with Crippen molar-refractivity contribution in [3.8, 4) is 22.3 Å². The van der Waals surface area contributed by atoms with Gasteiger partial charge in [-0.15, -0.1) is 11.3 Å². The normalized spacial score (nSPS) is 11.3. The van der Waals surface area contributed by atoms with Crippen LogP contribution in [-0.4, -0.2) is 0 Å². The topological polar surface area (TPSA) is 6.48 Å². The van der Waals surface area contributed by atoms with E-state index in [4.69, 9.17) is 0 Å². The maximum absolute atomic E-state index is 2.45. The first-order valence-electron chi connectivity index (χ1n) is 18.7. The summed E-state index contributed by atoms with van der Waals surface area (Å²) in [7, 11) is 0. The molecule has 1 aromatic heterocycles. The molecule has 0 aliphatic carbocycles. The smallest absolute Gasteiger partial charge is 0.0575 e. The standard InChI is InChI=1S/C52H36N2S/c1-5-17-37(18-6-1)40-22-15-28-44(33-40)53(42-24-9-3-10-25-42)46-35-48(52-50(36-46)55-49-32-31-39-21-13-14-30-47(39)51(49)52)54(43-26-11-4-12-27-43)45-29-16-23-41(34-45)38-19-7-2-8-20-38/h1-36H. The second-order valence-electron chi connectivity index (χ2n) is 13.8. The molecule has 0 fully saturated rings. The van der Waals surface area contributed by atoms with Crippen LogP contribution in [0.2, 0.25) is 0 Å². The van der Waals surface area contributed by atoms with Gasteiger partial charge in [0.15, 0.2) is 0 Å². The molecular weight excluding hydrogens is 685 g/mol. The first-order chi connectivity index (χ1) is 27.3. The summed E-state index contributed by atoms with van der Waals surface area (Å²) < 4.78 is 2.51. The van der Waals surface area contributed by atoms with Gasteiger partial charge in [-0.05, 0) is 99.8 Å². The molecule has 10 rings (SSSR count). The van der Waals surface area contributed by atoms with Gasteiger partial charge in [-0.25, -0.2) is 0 Å². The van der Waals surface area contributed by atoms with Crippen molar-refractivity contribution in [1.82, 2.24) is 0 Å². The van der Waals surface area contributed by atoms with E-state index in [1.807, 2.05) is 11.3 Å². The van der Waals surface area contributed by atoms with Crippen LogP contribution in [0.4, 0.5) is 34.1 Å². The molecule has 55 heavy (non-hydrogen) atoms. The van der Waals surface area contributed by atoms with Crippen LogP contribution >= 0.6 is 11.3 Å². The molecule has 0 N–H and O–H groups in total. The molecule has 0 radical (unpaired) electrons. The highest BCUT2D eigenvalue weighted by Crippen LogP contribution is 2.50. The second kappa shape index (κ2) is 14.1. The van der Waals surface area contributed by atoms with Gasteiger partial charge in [0.05, 0.1) is 5.69 Å². The summed E-state index contributed by atoms with van der Waals surface area (Å²) in [5.74, 6) is 0. The number of para-hydroxylation sites is 2. The fourth-order valence-electron chi connectivity index (χ4n) is 7.88. The monoisotopic (exact) mass is 720 g/mol. The molecule has 0 unspecified atom stereocenters. The van der Waals surface area contributed by atoms with E-state index in [-0.39, 0.29) is 0 Å². The van der Waals surface area contributed by atoms with Crippen LogP contribution < -0.4 is 9.80 Å². The highest BCUT2D eigenvalue weighted by atomic mass is 32.1. The zero-order chi connectivity index (χ0) is 36.6. The molecule has 0 aliphatic heterocycles. The molecule has 10 aromatic rings. The lowest BCUT2D eigenvalue weighted by Crippen LogP contribution is -2.13. The van der Waals surface area contributed by atoms with Crippen molar-refractivity contribution < 1.29 is 0 Å². The Hall–Kier alpha value is -6.94. The quantitative estimate of drug-likeness (QED) is 0.154. The number of fused-ring (bicyclic) bond motifs is 5. The Morgan fingerprint density at radius 1 is 0.291 bits per heavy atom. The van der Waals surface area contributed by atoms with Crippen LogP contribution in [0.1, 0.15) is 0 Å². The van der Waals surface area contributed by atoms with Gasteiger partial charge in [-0.3, -0.25) is 0 Å². The first-order valence-corrected chi connectivity index (χ1v) is 19.5. The molecule has 0 bridgehead atoms. The van der Waals surface area contributed by atoms with Crippen molar-refractivity contribution in [3.05, 3.63) is 218 Å². The Labute approximate surface area is 325 Å². The van der Waals surface area contributed by atoms with E-state index in [9.17, 15) is 0 Å². The summed E-state index contributed by atoms with van der Waals surface area (Å²) in [5.41, 5.74) is 11.4. The third kappa shape index (κ3) is 6.11. The summed E-state index contributed by atoms with van der Waals surface area (Å²) in [6.45, 7) is 0. The number of rotatable bonds is 8. The third-order valence-corrected chi connectivity index (χ3v) is 11.5. The average molecular weight is 721 g/mol. The summed E-state index contributed by atoms with van der Waals surface area (Å²) >= 11 is 1.87. The minimum atomic E-state index is 1.09. The first kappa shape index (κ1) is 32.7. The maximum atomic E-state index is 2.45. The summed E-state index contributed by atoms with van der Waals surface area (Å²) in [5, 5.41) is 5.05. The third-order valence-electron chi connectivity index (χ3n) is 10.4. The van der Waals surface area contributed by atoms with E-state index in [0.29, 0.717) is 0 Å². The minimum Gasteiger partial charge on any atom is -0.310 e. The van der Waals surface area contributed by atoms with Crippen molar-refractivity contribution in [2.45, 2.75) is 0 Å². The van der Waals surface area contributed by atoms with E-state index >= 15 is 0 Å². The highest BCUT2D eigenvalue weighted by molar-refractivity contribution is 7.26. The summed E-state index contributed by atoms with van der Waals surface area (Å²) in [4.78, 5) is 4.86. The van der Waals surface area contributed by atoms with Gasteiger partial charge in [0, 0.05) is 48.6 Å². The molecule has 1 heterocycles. The minimum absolute atomic E-state index is 1.09. The van der Waals surface area contributed by atoms with E-state index in [2.05, 4.69) is 228 Å². The van der Waals surface area contributed by atoms with Crippen LogP contribution in [0.5, 0.6) is 0 Å². The molecule has 3 heteroatoms. The predicted octanol–water partition coefficient (Wildman–Crippen LogP) is 15.5. The molecule has 9 aromatic carbocycles. The lowest BCUT2D eigenvalue weighted by Gasteiger charge is -2.30. The molecule has 0 saturated carbocycles. The molecular formula is C52H36N2S. The molecule has 0 amide bonds. The average Bonchev–Trinajstić information content (AvgIpc) is 3.65. The number of benzene rings is 9. The Morgan fingerprint density at radius 2 is 0.782 bits per heavy atom. The van der Waals surface area contributed by atoms with Crippen molar-refractivity contribution in [2.24, 2.45) is 0 Å². The van der Waals surface area contributed by atoms with Crippen LogP contribution in [-0.2, 0) is 0 Å². The molecule has 0 aliphatic rings. The van der Waals surface area contributed by atoms with Crippen LogP contribution in [0, 0.1) is 0 Å². The van der Waals surface area contributed by atoms with Crippen LogP contribution in [0.25, 0.3) is 53.2 Å². The van der Waals surface area contributed by atoms with Crippen molar-refractivity contribution >= 4 is 76.4 Å². The second-order valence-corrected chi connectivity index (χ2v) is 14.9.